The maximum absolute atomic E-state index is 12.2. The van der Waals surface area contributed by atoms with Gasteiger partial charge in [-0.25, -0.2) is 4.79 Å². The molecule has 4 rings (SSSR count). The lowest BCUT2D eigenvalue weighted by Crippen LogP contribution is -2.37. The van der Waals surface area contributed by atoms with Crippen molar-refractivity contribution in [2.45, 2.75) is 13.8 Å². The lowest BCUT2D eigenvalue weighted by Gasteiger charge is -2.21. The van der Waals surface area contributed by atoms with Crippen LogP contribution >= 0.6 is 0 Å². The maximum atomic E-state index is 12.2. The molecule has 0 fully saturated rings. The third-order valence-corrected chi connectivity index (χ3v) is 6.36. The number of hydrogen-bond donors (Lipinski definition) is 2. The van der Waals surface area contributed by atoms with Crippen LogP contribution in [0.3, 0.4) is 0 Å². The van der Waals surface area contributed by atoms with Crippen molar-refractivity contribution in [3.8, 4) is 0 Å². The van der Waals surface area contributed by atoms with Gasteiger partial charge in [-0.1, -0.05) is 24.3 Å². The summed E-state index contributed by atoms with van der Waals surface area (Å²) in [6.07, 6.45) is 3.22. The summed E-state index contributed by atoms with van der Waals surface area (Å²) in [5.74, 6) is 0. The zero-order chi connectivity index (χ0) is 27.5. The summed E-state index contributed by atoms with van der Waals surface area (Å²) in [5, 5.41) is 8.98. The van der Waals surface area contributed by atoms with Crippen LogP contribution in [0, 0.1) is 13.8 Å². The third-order valence-electron chi connectivity index (χ3n) is 6.36. The van der Waals surface area contributed by atoms with Gasteiger partial charge in [0.15, 0.2) is 0 Å². The Bertz CT molecular complexity index is 1280. The minimum Gasteiger partial charge on any atom is -0.453 e. The number of nitrogens with zero attached hydrogens (tertiary/aromatic N) is 3. The van der Waals surface area contributed by atoms with E-state index in [2.05, 4.69) is 70.8 Å². The SMILES string of the molecule is COC(=O)N(CCOCCNc1ccnc2cc(C)ccc12)CCOCCNc1ccnc2cc(C)ccc12. The van der Waals surface area contributed by atoms with E-state index in [0.29, 0.717) is 52.6 Å². The second-order valence-electron chi connectivity index (χ2n) is 9.29. The topological polar surface area (TPSA) is 97.8 Å². The van der Waals surface area contributed by atoms with Crippen LogP contribution in [0.2, 0.25) is 0 Å². The second-order valence-corrected chi connectivity index (χ2v) is 9.29. The molecule has 2 aromatic heterocycles. The molecule has 9 nitrogen and oxygen atoms in total. The number of carbonyl (C=O) groups excluding carboxylic acids is 1. The number of benzene rings is 2. The van der Waals surface area contributed by atoms with Crippen molar-refractivity contribution in [3.63, 3.8) is 0 Å². The number of ether oxygens (including phenoxy) is 3. The van der Waals surface area contributed by atoms with Gasteiger partial charge in [0.05, 0.1) is 44.6 Å². The van der Waals surface area contributed by atoms with Crippen LogP contribution in [0.5, 0.6) is 0 Å². The molecule has 0 saturated carbocycles. The fourth-order valence-electron chi connectivity index (χ4n) is 4.32. The highest BCUT2D eigenvalue weighted by Crippen LogP contribution is 2.23. The van der Waals surface area contributed by atoms with Crippen LogP contribution in [0.1, 0.15) is 11.1 Å². The molecule has 0 atom stereocenters. The van der Waals surface area contributed by atoms with Gasteiger partial charge < -0.3 is 29.7 Å². The number of hydrogen-bond acceptors (Lipinski definition) is 8. The molecule has 4 aromatic rings. The molecular weight excluding hydrogens is 494 g/mol. The van der Waals surface area contributed by atoms with Crippen LogP contribution in [0.15, 0.2) is 60.9 Å². The molecule has 0 aliphatic carbocycles. The monoisotopic (exact) mass is 531 g/mol. The molecule has 0 aliphatic heterocycles. The number of nitrogens with one attached hydrogen (secondary N) is 2. The number of rotatable bonds is 14. The molecule has 0 aliphatic rings. The smallest absolute Gasteiger partial charge is 0.409 e. The quantitative estimate of drug-likeness (QED) is 0.219. The predicted molar refractivity (Wildman–Crippen MR) is 156 cm³/mol. The molecular formula is C30H37N5O4. The summed E-state index contributed by atoms with van der Waals surface area (Å²) < 4.78 is 16.5. The zero-order valence-electron chi connectivity index (χ0n) is 22.9. The Hall–Kier alpha value is -3.95. The number of fused-ring (bicyclic) bond motifs is 2. The lowest BCUT2D eigenvalue weighted by molar-refractivity contribution is 0.0676. The highest BCUT2D eigenvalue weighted by molar-refractivity contribution is 5.92. The standard InChI is InChI=1S/C30H37N5O4/c1-22-4-6-24-26(8-10-31-28(24)20-22)33-12-16-38-18-14-35(30(36)37-3)15-19-39-17-13-34-27-9-11-32-29-21-23(2)5-7-25(27)29/h4-11,20-21H,12-19H2,1-3H3,(H,31,33)(H,32,34). The second kappa shape index (κ2) is 14.3. The van der Waals surface area contributed by atoms with Crippen LogP contribution in [0.4, 0.5) is 16.2 Å². The molecule has 2 N–H and O–H groups in total. The summed E-state index contributed by atoms with van der Waals surface area (Å²) in [6.45, 7) is 8.09. The highest BCUT2D eigenvalue weighted by Gasteiger charge is 2.13. The molecule has 9 heteroatoms. The fraction of sp³-hybridized carbons (Fsp3) is 0.367. The Morgan fingerprint density at radius 2 is 1.23 bits per heavy atom. The van der Waals surface area contributed by atoms with Gasteiger partial charge in [-0.05, 0) is 49.2 Å². The molecule has 0 bridgehead atoms. The molecule has 0 spiro atoms. The van der Waals surface area contributed by atoms with Crippen molar-refractivity contribution in [2.75, 3.05) is 70.3 Å². The number of anilines is 2. The summed E-state index contributed by atoms with van der Waals surface area (Å²) in [5.41, 5.74) is 6.35. The van der Waals surface area contributed by atoms with E-state index in [4.69, 9.17) is 14.2 Å². The van der Waals surface area contributed by atoms with E-state index in [1.807, 2.05) is 12.1 Å². The number of aromatic nitrogens is 2. The van der Waals surface area contributed by atoms with E-state index in [1.165, 1.54) is 18.2 Å². The molecule has 39 heavy (non-hydrogen) atoms. The molecule has 0 unspecified atom stereocenters. The molecule has 2 heterocycles. The normalized spacial score (nSPS) is 11.1. The summed E-state index contributed by atoms with van der Waals surface area (Å²) >= 11 is 0. The predicted octanol–water partition coefficient (Wildman–Crippen LogP) is 5.03. The van der Waals surface area contributed by atoms with Crippen molar-refractivity contribution in [1.29, 1.82) is 0 Å². The van der Waals surface area contributed by atoms with Crippen molar-refractivity contribution in [1.82, 2.24) is 14.9 Å². The van der Waals surface area contributed by atoms with Crippen molar-refractivity contribution in [2.24, 2.45) is 0 Å². The van der Waals surface area contributed by atoms with E-state index < -0.39 is 6.09 Å². The highest BCUT2D eigenvalue weighted by atomic mass is 16.5. The molecule has 0 radical (unpaired) electrons. The first-order valence-corrected chi connectivity index (χ1v) is 13.2. The van der Waals surface area contributed by atoms with Crippen LogP contribution < -0.4 is 10.6 Å². The number of pyridine rings is 2. The average Bonchev–Trinajstić information content (AvgIpc) is 2.94. The van der Waals surface area contributed by atoms with Crippen LogP contribution in [0.25, 0.3) is 21.8 Å². The van der Waals surface area contributed by atoms with Gasteiger partial charge in [0.2, 0.25) is 0 Å². The Morgan fingerprint density at radius 1 is 0.744 bits per heavy atom. The van der Waals surface area contributed by atoms with Crippen LogP contribution in [-0.2, 0) is 14.2 Å². The summed E-state index contributed by atoms with van der Waals surface area (Å²) in [7, 11) is 1.38. The largest absolute Gasteiger partial charge is 0.453 e. The maximum Gasteiger partial charge on any atom is 0.409 e. The van der Waals surface area contributed by atoms with E-state index in [-0.39, 0.29) is 0 Å². The number of methoxy groups -OCH3 is 1. The van der Waals surface area contributed by atoms with Gasteiger partial charge in [-0.15, -0.1) is 0 Å². The fourth-order valence-corrected chi connectivity index (χ4v) is 4.32. The lowest BCUT2D eigenvalue weighted by atomic mass is 10.1. The zero-order valence-corrected chi connectivity index (χ0v) is 22.9. The first-order chi connectivity index (χ1) is 19.0. The van der Waals surface area contributed by atoms with Gasteiger partial charge in [0.1, 0.15) is 0 Å². The molecule has 206 valence electrons. The van der Waals surface area contributed by atoms with E-state index in [9.17, 15) is 4.79 Å². The minimum atomic E-state index is -0.393. The molecule has 2 aromatic carbocycles. The minimum absolute atomic E-state index is 0.393. The van der Waals surface area contributed by atoms with E-state index in [0.717, 1.165) is 33.2 Å². The van der Waals surface area contributed by atoms with E-state index in [1.54, 1.807) is 17.3 Å². The molecule has 1 amide bonds. The van der Waals surface area contributed by atoms with Gasteiger partial charge >= 0.3 is 6.09 Å². The van der Waals surface area contributed by atoms with E-state index >= 15 is 0 Å². The first-order valence-electron chi connectivity index (χ1n) is 13.2. The Kier molecular flexibility index (Phi) is 10.3. The van der Waals surface area contributed by atoms with Gasteiger partial charge in [0, 0.05) is 60.7 Å². The number of amides is 1. The van der Waals surface area contributed by atoms with Gasteiger partial charge in [-0.2, -0.15) is 0 Å². The van der Waals surface area contributed by atoms with Crippen molar-refractivity contribution >= 4 is 39.3 Å². The Labute approximate surface area is 229 Å². The molecule has 0 saturated heterocycles. The van der Waals surface area contributed by atoms with Crippen molar-refractivity contribution in [3.05, 3.63) is 72.1 Å². The third kappa shape index (κ3) is 8.02. The first kappa shape index (κ1) is 28.1. The van der Waals surface area contributed by atoms with Gasteiger partial charge in [-0.3, -0.25) is 9.97 Å². The van der Waals surface area contributed by atoms with Crippen molar-refractivity contribution < 1.29 is 19.0 Å². The number of carbonyl (C=O) groups is 1. The Balaban J connectivity index is 1.12. The van der Waals surface area contributed by atoms with Crippen LogP contribution in [-0.4, -0.2) is 80.7 Å². The Morgan fingerprint density at radius 3 is 1.69 bits per heavy atom. The van der Waals surface area contributed by atoms with Gasteiger partial charge in [0.25, 0.3) is 0 Å². The summed E-state index contributed by atoms with van der Waals surface area (Å²) in [4.78, 5) is 22.6. The number of aryl methyl sites for hydroxylation is 2. The average molecular weight is 532 g/mol. The summed E-state index contributed by atoms with van der Waals surface area (Å²) in [6, 6.07) is 16.4.